The highest BCUT2D eigenvalue weighted by molar-refractivity contribution is 6.33. The first-order valence-electron chi connectivity index (χ1n) is 6.43. The summed E-state index contributed by atoms with van der Waals surface area (Å²) in [6, 6.07) is 10.4. The predicted molar refractivity (Wildman–Crippen MR) is 85.6 cm³/mol. The van der Waals surface area contributed by atoms with Crippen LogP contribution in [0.5, 0.6) is 0 Å². The second kappa shape index (κ2) is 5.22. The van der Waals surface area contributed by atoms with E-state index in [1.54, 1.807) is 18.3 Å². The summed E-state index contributed by atoms with van der Waals surface area (Å²) in [6.07, 6.45) is 1.60. The zero-order valence-electron chi connectivity index (χ0n) is 11.3. The van der Waals surface area contributed by atoms with Crippen LogP contribution in [0, 0.1) is 12.7 Å². The standard InChI is InChI=1S/C16H13ClFN3/c1-9-4-2-6-11(17)14(9)21-16-12(18)8-13(19)10-5-3-7-20-15(10)16/h2-8,21H,19H2,1H3. The average Bonchev–Trinajstić information content (AvgIpc) is 2.46. The Balaban J connectivity index is 2.22. The lowest BCUT2D eigenvalue weighted by Gasteiger charge is -2.14. The second-order valence-corrected chi connectivity index (χ2v) is 5.19. The van der Waals surface area contributed by atoms with E-state index >= 15 is 0 Å². The number of aryl methyl sites for hydroxylation is 1. The van der Waals surface area contributed by atoms with Crippen LogP contribution in [-0.2, 0) is 0 Å². The number of anilines is 3. The largest absolute Gasteiger partial charge is 0.398 e. The van der Waals surface area contributed by atoms with E-state index in [1.165, 1.54) is 6.07 Å². The molecule has 0 atom stereocenters. The maximum atomic E-state index is 14.3. The fourth-order valence-electron chi connectivity index (χ4n) is 2.27. The molecule has 0 amide bonds. The van der Waals surface area contributed by atoms with Gasteiger partial charge in [-0.15, -0.1) is 0 Å². The minimum absolute atomic E-state index is 0.274. The third-order valence-electron chi connectivity index (χ3n) is 3.35. The van der Waals surface area contributed by atoms with Crippen LogP contribution in [0.25, 0.3) is 10.9 Å². The number of hydrogen-bond acceptors (Lipinski definition) is 3. The van der Waals surface area contributed by atoms with Crippen LogP contribution in [0.1, 0.15) is 5.56 Å². The van der Waals surface area contributed by atoms with E-state index in [4.69, 9.17) is 17.3 Å². The van der Waals surface area contributed by atoms with Crippen LogP contribution in [0.15, 0.2) is 42.6 Å². The van der Waals surface area contributed by atoms with Crippen LogP contribution < -0.4 is 11.1 Å². The molecule has 3 aromatic rings. The molecule has 0 radical (unpaired) electrons. The summed E-state index contributed by atoms with van der Waals surface area (Å²) in [5, 5.41) is 4.28. The number of benzene rings is 2. The highest BCUT2D eigenvalue weighted by Gasteiger charge is 2.14. The SMILES string of the molecule is Cc1cccc(Cl)c1Nc1c(F)cc(N)c2cccnc12. The van der Waals surface area contributed by atoms with Crippen molar-refractivity contribution in [2.45, 2.75) is 6.92 Å². The van der Waals surface area contributed by atoms with Crippen LogP contribution in [0.2, 0.25) is 5.02 Å². The van der Waals surface area contributed by atoms with Gasteiger partial charge in [-0.05, 0) is 36.8 Å². The Morgan fingerprint density at radius 1 is 1.19 bits per heavy atom. The third-order valence-corrected chi connectivity index (χ3v) is 3.66. The van der Waals surface area contributed by atoms with Gasteiger partial charge in [0.25, 0.3) is 0 Å². The number of pyridine rings is 1. The molecule has 3 rings (SSSR count). The molecule has 0 aliphatic rings. The Kier molecular flexibility index (Phi) is 3.39. The number of nitrogen functional groups attached to an aromatic ring is 1. The molecule has 0 unspecified atom stereocenters. The van der Waals surface area contributed by atoms with Gasteiger partial charge in [-0.25, -0.2) is 4.39 Å². The molecule has 21 heavy (non-hydrogen) atoms. The number of nitrogens with zero attached hydrogens (tertiary/aromatic N) is 1. The zero-order valence-corrected chi connectivity index (χ0v) is 12.1. The maximum Gasteiger partial charge on any atom is 0.150 e. The fraction of sp³-hybridized carbons (Fsp3) is 0.0625. The number of nitrogens with two attached hydrogens (primary N) is 1. The van der Waals surface area contributed by atoms with E-state index in [2.05, 4.69) is 10.3 Å². The molecular weight excluding hydrogens is 289 g/mol. The van der Waals surface area contributed by atoms with Gasteiger partial charge in [0.15, 0.2) is 5.82 Å². The van der Waals surface area contributed by atoms with Gasteiger partial charge in [-0.1, -0.05) is 23.7 Å². The Hall–Kier alpha value is -2.33. The minimum atomic E-state index is -0.460. The Bertz CT molecular complexity index is 813. The summed E-state index contributed by atoms with van der Waals surface area (Å²) < 4.78 is 14.3. The van der Waals surface area contributed by atoms with E-state index in [9.17, 15) is 4.39 Å². The van der Waals surface area contributed by atoms with E-state index in [0.29, 0.717) is 27.3 Å². The van der Waals surface area contributed by atoms with Crippen molar-refractivity contribution < 1.29 is 4.39 Å². The monoisotopic (exact) mass is 301 g/mol. The van der Waals surface area contributed by atoms with Crippen LogP contribution in [0.3, 0.4) is 0 Å². The average molecular weight is 302 g/mol. The van der Waals surface area contributed by atoms with Crippen LogP contribution >= 0.6 is 11.6 Å². The molecule has 0 aliphatic heterocycles. The van der Waals surface area contributed by atoms with E-state index in [0.717, 1.165) is 5.56 Å². The first-order valence-corrected chi connectivity index (χ1v) is 6.80. The summed E-state index contributed by atoms with van der Waals surface area (Å²) in [7, 11) is 0. The molecule has 3 nitrogen and oxygen atoms in total. The van der Waals surface area contributed by atoms with Gasteiger partial charge in [-0.3, -0.25) is 4.98 Å². The summed E-state index contributed by atoms with van der Waals surface area (Å²) in [4.78, 5) is 4.23. The maximum absolute atomic E-state index is 14.3. The summed E-state index contributed by atoms with van der Waals surface area (Å²) in [5.41, 5.74) is 8.54. The van der Waals surface area contributed by atoms with Crippen LogP contribution in [-0.4, -0.2) is 4.98 Å². The molecule has 0 fully saturated rings. The van der Waals surface area contributed by atoms with Gasteiger partial charge in [-0.2, -0.15) is 0 Å². The Labute approximate surface area is 126 Å². The lowest BCUT2D eigenvalue weighted by molar-refractivity contribution is 0.634. The number of aromatic nitrogens is 1. The first-order chi connectivity index (χ1) is 10.1. The van der Waals surface area contributed by atoms with Crippen molar-refractivity contribution in [1.29, 1.82) is 0 Å². The number of fused-ring (bicyclic) bond motifs is 1. The molecule has 0 bridgehead atoms. The molecule has 2 aromatic carbocycles. The Morgan fingerprint density at radius 2 is 2.00 bits per heavy atom. The highest BCUT2D eigenvalue weighted by Crippen LogP contribution is 2.35. The molecule has 0 spiro atoms. The van der Waals surface area contributed by atoms with E-state index in [-0.39, 0.29) is 5.69 Å². The number of rotatable bonds is 2. The minimum Gasteiger partial charge on any atom is -0.398 e. The molecule has 5 heteroatoms. The summed E-state index contributed by atoms with van der Waals surface area (Å²) in [6.45, 7) is 1.90. The van der Waals surface area contributed by atoms with Crippen molar-refractivity contribution in [3.63, 3.8) is 0 Å². The van der Waals surface area contributed by atoms with Crippen molar-refractivity contribution in [2.75, 3.05) is 11.1 Å². The van der Waals surface area contributed by atoms with Gasteiger partial charge < -0.3 is 11.1 Å². The first kappa shape index (κ1) is 13.6. The van der Waals surface area contributed by atoms with E-state index < -0.39 is 5.82 Å². The normalized spacial score (nSPS) is 10.8. The van der Waals surface area contributed by atoms with Gasteiger partial charge in [0, 0.05) is 17.3 Å². The topological polar surface area (TPSA) is 50.9 Å². The quantitative estimate of drug-likeness (QED) is 0.677. The Morgan fingerprint density at radius 3 is 2.76 bits per heavy atom. The number of hydrogen-bond donors (Lipinski definition) is 2. The van der Waals surface area contributed by atoms with Crippen LogP contribution in [0.4, 0.5) is 21.5 Å². The lowest BCUT2D eigenvalue weighted by atomic mass is 10.1. The smallest absolute Gasteiger partial charge is 0.150 e. The van der Waals surface area contributed by atoms with Crippen molar-refractivity contribution >= 4 is 39.6 Å². The van der Waals surface area contributed by atoms with Crippen molar-refractivity contribution in [2.24, 2.45) is 0 Å². The molecule has 1 aromatic heterocycles. The van der Waals surface area contributed by atoms with Gasteiger partial charge in [0.1, 0.15) is 5.69 Å². The second-order valence-electron chi connectivity index (χ2n) is 4.78. The van der Waals surface area contributed by atoms with Crippen molar-refractivity contribution in [1.82, 2.24) is 4.98 Å². The van der Waals surface area contributed by atoms with Crippen molar-refractivity contribution in [3.8, 4) is 0 Å². The van der Waals surface area contributed by atoms with Gasteiger partial charge in [0.2, 0.25) is 0 Å². The molecular formula is C16H13ClFN3. The summed E-state index contributed by atoms with van der Waals surface area (Å²) in [5.74, 6) is -0.460. The lowest BCUT2D eigenvalue weighted by Crippen LogP contribution is -2.01. The molecule has 106 valence electrons. The van der Waals surface area contributed by atoms with Gasteiger partial charge in [0.05, 0.1) is 16.2 Å². The zero-order chi connectivity index (χ0) is 15.0. The highest BCUT2D eigenvalue weighted by atomic mass is 35.5. The fourth-order valence-corrected chi connectivity index (χ4v) is 2.54. The number of halogens is 2. The van der Waals surface area contributed by atoms with E-state index in [1.807, 2.05) is 25.1 Å². The number of para-hydroxylation sites is 1. The summed E-state index contributed by atoms with van der Waals surface area (Å²) >= 11 is 6.18. The number of nitrogens with one attached hydrogen (secondary N) is 1. The molecule has 0 saturated heterocycles. The molecule has 3 N–H and O–H groups in total. The van der Waals surface area contributed by atoms with Gasteiger partial charge >= 0.3 is 0 Å². The third kappa shape index (κ3) is 2.38. The molecule has 1 heterocycles. The van der Waals surface area contributed by atoms with Crippen molar-refractivity contribution in [3.05, 3.63) is 59.0 Å². The molecule has 0 saturated carbocycles. The predicted octanol–water partition coefficient (Wildman–Crippen LogP) is 4.66. The molecule has 0 aliphatic carbocycles.